The number of likely N-dealkylation sites (N-methyl/N-ethyl adjacent to an activating group) is 1. The first-order valence-corrected chi connectivity index (χ1v) is 5.84. The molecule has 0 heterocycles. The maximum Gasteiger partial charge on any atom is 0.0936 e. The Morgan fingerprint density at radius 3 is 2.94 bits per heavy atom. The molecule has 0 unspecified atom stereocenters. The highest BCUT2D eigenvalue weighted by atomic mass is 16.6. The van der Waals surface area contributed by atoms with Crippen LogP contribution in [0.3, 0.4) is 0 Å². The summed E-state index contributed by atoms with van der Waals surface area (Å²) in [6, 6.07) is 0. The molecular weight excluding hydrogens is 218 g/mol. The number of nitrogens with one attached hydrogen (secondary N) is 3. The number of allylic oxidation sites excluding steroid dienone is 2. The molecule has 5 nitrogen and oxygen atoms in total. The van der Waals surface area contributed by atoms with Crippen LogP contribution in [0.2, 0.25) is 0 Å². The standard InChI is InChI=1S/C12H23N3O2/c1-12(8-13-2,14-9-16)10-5-4-6-11(7-10)15-17-3/h4,6-7,10,13-16H,5,8-9H2,1-3H3/t10-,12+/m0/s1. The van der Waals surface area contributed by atoms with Gasteiger partial charge in [-0.25, -0.2) is 0 Å². The number of aliphatic hydroxyl groups is 1. The van der Waals surface area contributed by atoms with E-state index < -0.39 is 0 Å². The van der Waals surface area contributed by atoms with Crippen molar-refractivity contribution in [2.75, 3.05) is 27.4 Å². The van der Waals surface area contributed by atoms with Crippen LogP contribution in [0.5, 0.6) is 0 Å². The van der Waals surface area contributed by atoms with Crippen molar-refractivity contribution >= 4 is 0 Å². The number of aliphatic hydroxyl groups excluding tert-OH is 1. The van der Waals surface area contributed by atoms with Crippen LogP contribution in [-0.4, -0.2) is 38.1 Å². The minimum absolute atomic E-state index is 0.0285. The van der Waals surface area contributed by atoms with Crippen LogP contribution in [0.4, 0.5) is 0 Å². The van der Waals surface area contributed by atoms with E-state index in [-0.39, 0.29) is 12.3 Å². The van der Waals surface area contributed by atoms with E-state index in [1.165, 1.54) is 0 Å². The van der Waals surface area contributed by atoms with Gasteiger partial charge in [0.2, 0.25) is 0 Å². The summed E-state index contributed by atoms with van der Waals surface area (Å²) in [5.74, 6) is 0.296. The van der Waals surface area contributed by atoms with Crippen LogP contribution in [0, 0.1) is 5.92 Å². The normalized spacial score (nSPS) is 23.1. The molecule has 4 N–H and O–H groups in total. The van der Waals surface area contributed by atoms with Crippen LogP contribution in [-0.2, 0) is 4.84 Å². The fourth-order valence-electron chi connectivity index (χ4n) is 2.18. The molecule has 0 aromatic rings. The first kappa shape index (κ1) is 14.2. The largest absolute Gasteiger partial charge is 0.381 e. The predicted molar refractivity (Wildman–Crippen MR) is 68.0 cm³/mol. The van der Waals surface area contributed by atoms with Crippen LogP contribution in [0.1, 0.15) is 13.3 Å². The second kappa shape index (κ2) is 6.76. The Kier molecular flexibility index (Phi) is 5.64. The van der Waals surface area contributed by atoms with E-state index in [9.17, 15) is 0 Å². The van der Waals surface area contributed by atoms with Gasteiger partial charge in [-0.3, -0.25) is 15.6 Å². The molecule has 17 heavy (non-hydrogen) atoms. The van der Waals surface area contributed by atoms with E-state index >= 15 is 0 Å². The summed E-state index contributed by atoms with van der Waals surface area (Å²) in [4.78, 5) is 4.91. The predicted octanol–water partition coefficient (Wildman–Crippen LogP) is 0.115. The van der Waals surface area contributed by atoms with Gasteiger partial charge in [-0.15, -0.1) is 0 Å². The number of hydroxylamine groups is 1. The number of rotatable bonds is 7. The maximum atomic E-state index is 9.11. The van der Waals surface area contributed by atoms with Gasteiger partial charge in [0.1, 0.15) is 0 Å². The molecular formula is C12H23N3O2. The molecule has 0 saturated heterocycles. The third kappa shape index (κ3) is 3.81. The maximum absolute atomic E-state index is 9.11. The third-order valence-electron chi connectivity index (χ3n) is 3.13. The Morgan fingerprint density at radius 1 is 1.59 bits per heavy atom. The lowest BCUT2D eigenvalue weighted by molar-refractivity contribution is 0.118. The van der Waals surface area contributed by atoms with Crippen molar-refractivity contribution in [2.45, 2.75) is 18.9 Å². The van der Waals surface area contributed by atoms with E-state index in [1.54, 1.807) is 7.11 Å². The topological polar surface area (TPSA) is 65.5 Å². The summed E-state index contributed by atoms with van der Waals surface area (Å²) in [7, 11) is 3.51. The molecule has 0 aromatic heterocycles. The van der Waals surface area contributed by atoms with Crippen molar-refractivity contribution in [2.24, 2.45) is 5.92 Å². The molecule has 0 aliphatic heterocycles. The summed E-state index contributed by atoms with van der Waals surface area (Å²) in [5, 5.41) is 15.4. The van der Waals surface area contributed by atoms with Crippen molar-refractivity contribution in [3.8, 4) is 0 Å². The zero-order chi connectivity index (χ0) is 12.7. The lowest BCUT2D eigenvalue weighted by atomic mass is 9.80. The minimum atomic E-state index is -0.186. The Labute approximate surface area is 103 Å². The van der Waals surface area contributed by atoms with Gasteiger partial charge in [0, 0.05) is 18.0 Å². The van der Waals surface area contributed by atoms with Gasteiger partial charge >= 0.3 is 0 Å². The molecule has 5 heteroatoms. The monoisotopic (exact) mass is 241 g/mol. The third-order valence-corrected chi connectivity index (χ3v) is 3.13. The van der Waals surface area contributed by atoms with E-state index in [0.717, 1.165) is 18.7 Å². The van der Waals surface area contributed by atoms with Gasteiger partial charge in [-0.05, 0) is 26.5 Å². The lowest BCUT2D eigenvalue weighted by Crippen LogP contribution is -2.55. The summed E-state index contributed by atoms with van der Waals surface area (Å²) in [6.07, 6.45) is 7.18. The quantitative estimate of drug-likeness (QED) is 0.376. The minimum Gasteiger partial charge on any atom is -0.381 e. The molecule has 0 bridgehead atoms. The van der Waals surface area contributed by atoms with E-state index in [4.69, 9.17) is 9.94 Å². The summed E-state index contributed by atoms with van der Waals surface area (Å²) in [6.45, 7) is 2.85. The fourth-order valence-corrected chi connectivity index (χ4v) is 2.18. The molecule has 0 fully saturated rings. The van der Waals surface area contributed by atoms with Crippen molar-refractivity contribution in [1.29, 1.82) is 0 Å². The first-order chi connectivity index (χ1) is 8.16. The van der Waals surface area contributed by atoms with Gasteiger partial charge in [-0.1, -0.05) is 12.2 Å². The molecule has 98 valence electrons. The summed E-state index contributed by atoms with van der Waals surface area (Å²) >= 11 is 0. The number of hydrogen-bond acceptors (Lipinski definition) is 5. The highest BCUT2D eigenvalue weighted by molar-refractivity contribution is 5.24. The van der Waals surface area contributed by atoms with Gasteiger partial charge in [0.15, 0.2) is 0 Å². The molecule has 0 spiro atoms. The van der Waals surface area contributed by atoms with E-state index in [2.05, 4.69) is 35.2 Å². The van der Waals surface area contributed by atoms with Crippen molar-refractivity contribution < 1.29 is 9.94 Å². The Bertz CT molecular complexity index is 283. The molecule has 2 atom stereocenters. The SMILES string of the molecule is CNC[C@@](C)(NCO)[C@@H]1C=C(NOC)C=CC1. The molecule has 0 amide bonds. The zero-order valence-electron chi connectivity index (χ0n) is 10.8. The average molecular weight is 241 g/mol. The van der Waals surface area contributed by atoms with Crippen LogP contribution >= 0.6 is 0 Å². The van der Waals surface area contributed by atoms with Crippen LogP contribution < -0.4 is 16.1 Å². The van der Waals surface area contributed by atoms with Crippen molar-refractivity contribution in [3.05, 3.63) is 23.9 Å². The second-order valence-corrected chi connectivity index (χ2v) is 4.46. The van der Waals surface area contributed by atoms with Gasteiger partial charge in [0.05, 0.1) is 19.5 Å². The molecule has 1 aliphatic rings. The lowest BCUT2D eigenvalue weighted by Gasteiger charge is -2.37. The number of hydrogen-bond donors (Lipinski definition) is 4. The average Bonchev–Trinajstić information content (AvgIpc) is 2.30. The highest BCUT2D eigenvalue weighted by Crippen LogP contribution is 2.26. The first-order valence-electron chi connectivity index (χ1n) is 5.84. The molecule has 0 aromatic carbocycles. The summed E-state index contributed by atoms with van der Waals surface area (Å²) in [5.41, 5.74) is 3.60. The fraction of sp³-hybridized carbons (Fsp3) is 0.667. The van der Waals surface area contributed by atoms with Crippen LogP contribution in [0.15, 0.2) is 23.9 Å². The molecule has 0 saturated carbocycles. The zero-order valence-corrected chi connectivity index (χ0v) is 10.8. The van der Waals surface area contributed by atoms with Crippen molar-refractivity contribution in [1.82, 2.24) is 16.1 Å². The Morgan fingerprint density at radius 2 is 2.35 bits per heavy atom. The summed E-state index contributed by atoms with van der Waals surface area (Å²) < 4.78 is 0. The smallest absolute Gasteiger partial charge is 0.0936 e. The van der Waals surface area contributed by atoms with E-state index in [0.29, 0.717) is 5.92 Å². The van der Waals surface area contributed by atoms with Gasteiger partial charge < -0.3 is 10.4 Å². The van der Waals surface area contributed by atoms with Crippen molar-refractivity contribution in [3.63, 3.8) is 0 Å². The molecule has 1 rings (SSSR count). The highest BCUT2D eigenvalue weighted by Gasteiger charge is 2.32. The van der Waals surface area contributed by atoms with Gasteiger partial charge in [0.25, 0.3) is 0 Å². The Balaban J connectivity index is 2.77. The Hall–Kier alpha value is -0.880. The van der Waals surface area contributed by atoms with Crippen LogP contribution in [0.25, 0.3) is 0 Å². The van der Waals surface area contributed by atoms with E-state index in [1.807, 2.05) is 13.1 Å². The van der Waals surface area contributed by atoms with Gasteiger partial charge in [-0.2, -0.15) is 0 Å². The second-order valence-electron chi connectivity index (χ2n) is 4.46. The molecule has 1 aliphatic carbocycles. The molecule has 0 radical (unpaired) electrons.